The van der Waals surface area contributed by atoms with E-state index in [0.29, 0.717) is 31.5 Å². The number of amides is 2. The maximum absolute atomic E-state index is 12.7. The lowest BCUT2D eigenvalue weighted by atomic mass is 9.81. The third kappa shape index (κ3) is 2.42. The molecule has 0 radical (unpaired) electrons. The van der Waals surface area contributed by atoms with E-state index in [1.807, 2.05) is 0 Å². The maximum atomic E-state index is 12.7. The summed E-state index contributed by atoms with van der Waals surface area (Å²) in [5.41, 5.74) is -0.692. The molecule has 2 heterocycles. The van der Waals surface area contributed by atoms with Crippen LogP contribution in [0.15, 0.2) is 0 Å². The highest BCUT2D eigenvalue weighted by Crippen LogP contribution is 2.49. The van der Waals surface area contributed by atoms with Crippen LogP contribution >= 0.6 is 0 Å². The summed E-state index contributed by atoms with van der Waals surface area (Å²) in [5, 5.41) is 12.8. The van der Waals surface area contributed by atoms with E-state index in [4.69, 9.17) is 4.74 Å². The van der Waals surface area contributed by atoms with Crippen LogP contribution in [0.1, 0.15) is 44.9 Å². The van der Waals surface area contributed by atoms with Crippen molar-refractivity contribution in [1.82, 2.24) is 10.2 Å². The van der Waals surface area contributed by atoms with E-state index in [1.54, 1.807) is 4.90 Å². The largest absolute Gasteiger partial charge is 0.481 e. The quantitative estimate of drug-likeness (QED) is 0.813. The third-order valence-corrected chi connectivity index (χ3v) is 6.67. The molecule has 2 N–H and O–H groups in total. The Morgan fingerprint density at radius 1 is 1.17 bits per heavy atom. The van der Waals surface area contributed by atoms with Gasteiger partial charge < -0.3 is 20.1 Å². The molecule has 23 heavy (non-hydrogen) atoms. The fourth-order valence-electron chi connectivity index (χ4n) is 5.40. The van der Waals surface area contributed by atoms with Gasteiger partial charge in [0.2, 0.25) is 0 Å². The number of aliphatic carboxylic acids is 1. The molecule has 2 aliphatic heterocycles. The summed E-state index contributed by atoms with van der Waals surface area (Å²) in [6.45, 7) is 1.77. The monoisotopic (exact) mass is 322 g/mol. The molecule has 4 fully saturated rings. The standard InChI is InChI=1S/C17H26N2O4/c20-15(21)17-7-2-3-11(17)9-19(10-17)16(22)18-13-4-1-5-14-12(13)6-8-23-14/h11-14H,1-10H2,(H,18,22)(H,20,21)/t11-,12?,13?,14?,17+/m0/s1. The van der Waals surface area contributed by atoms with E-state index < -0.39 is 11.4 Å². The molecule has 2 saturated heterocycles. The van der Waals surface area contributed by atoms with Gasteiger partial charge in [-0.2, -0.15) is 0 Å². The molecule has 6 nitrogen and oxygen atoms in total. The molecule has 0 aromatic carbocycles. The van der Waals surface area contributed by atoms with Gasteiger partial charge in [-0.25, -0.2) is 4.79 Å². The zero-order valence-electron chi connectivity index (χ0n) is 13.5. The van der Waals surface area contributed by atoms with Gasteiger partial charge in [0, 0.05) is 31.7 Å². The SMILES string of the molecule is O=C(NC1CCCC2OCCC12)N1C[C@@H]2CCC[C@@]2(C(=O)O)C1. The molecule has 0 bridgehead atoms. The summed E-state index contributed by atoms with van der Waals surface area (Å²) >= 11 is 0. The number of carboxylic acid groups (broad SMARTS) is 1. The highest BCUT2D eigenvalue weighted by Gasteiger charge is 2.56. The molecule has 0 spiro atoms. The minimum absolute atomic E-state index is 0.0717. The minimum Gasteiger partial charge on any atom is -0.481 e. The molecular formula is C17H26N2O4. The summed E-state index contributed by atoms with van der Waals surface area (Å²) in [6, 6.07) is 0.113. The van der Waals surface area contributed by atoms with Gasteiger partial charge in [0.05, 0.1) is 11.5 Å². The van der Waals surface area contributed by atoms with Crippen LogP contribution in [-0.2, 0) is 9.53 Å². The number of nitrogens with one attached hydrogen (secondary N) is 1. The highest BCUT2D eigenvalue weighted by molar-refractivity contribution is 5.80. The Morgan fingerprint density at radius 2 is 2.04 bits per heavy atom. The van der Waals surface area contributed by atoms with Crippen LogP contribution in [0.3, 0.4) is 0 Å². The average molecular weight is 322 g/mol. The van der Waals surface area contributed by atoms with Crippen LogP contribution in [0.5, 0.6) is 0 Å². The van der Waals surface area contributed by atoms with Crippen LogP contribution < -0.4 is 5.32 Å². The lowest BCUT2D eigenvalue weighted by Gasteiger charge is -2.34. The molecule has 0 aromatic rings. The molecule has 128 valence electrons. The Bertz CT molecular complexity index is 511. The first-order valence-corrected chi connectivity index (χ1v) is 9.00. The van der Waals surface area contributed by atoms with Crippen molar-refractivity contribution in [3.05, 3.63) is 0 Å². The van der Waals surface area contributed by atoms with Gasteiger partial charge in [0.25, 0.3) is 0 Å². The van der Waals surface area contributed by atoms with Crippen molar-refractivity contribution < 1.29 is 19.4 Å². The lowest BCUT2D eigenvalue weighted by molar-refractivity contribution is -0.149. The number of carboxylic acids is 1. The summed E-state index contributed by atoms with van der Waals surface area (Å²) in [7, 11) is 0. The number of carbonyl (C=O) groups is 2. The Hall–Kier alpha value is -1.30. The summed E-state index contributed by atoms with van der Waals surface area (Å²) in [4.78, 5) is 26.2. The molecule has 2 amide bonds. The molecule has 4 aliphatic rings. The van der Waals surface area contributed by atoms with Crippen LogP contribution in [0.25, 0.3) is 0 Å². The van der Waals surface area contributed by atoms with E-state index >= 15 is 0 Å². The molecular weight excluding hydrogens is 296 g/mol. The van der Waals surface area contributed by atoms with Crippen LogP contribution in [-0.4, -0.2) is 53.8 Å². The van der Waals surface area contributed by atoms with Crippen molar-refractivity contribution in [3.8, 4) is 0 Å². The zero-order valence-corrected chi connectivity index (χ0v) is 13.5. The van der Waals surface area contributed by atoms with E-state index in [-0.39, 0.29) is 18.0 Å². The number of nitrogens with zero attached hydrogens (tertiary/aromatic N) is 1. The summed E-state index contributed by atoms with van der Waals surface area (Å²) in [5.74, 6) is -0.167. The van der Waals surface area contributed by atoms with Crippen LogP contribution in [0.4, 0.5) is 4.79 Å². The number of rotatable bonds is 2. The highest BCUT2D eigenvalue weighted by atomic mass is 16.5. The second-order valence-corrected chi connectivity index (χ2v) is 7.78. The predicted octanol–water partition coefficient (Wildman–Crippen LogP) is 1.84. The first-order valence-electron chi connectivity index (χ1n) is 9.00. The Morgan fingerprint density at radius 3 is 2.83 bits per heavy atom. The van der Waals surface area contributed by atoms with Gasteiger partial charge in [-0.3, -0.25) is 4.79 Å². The minimum atomic E-state index is -0.725. The number of carbonyl (C=O) groups excluding carboxylic acids is 1. The smallest absolute Gasteiger partial charge is 0.317 e. The molecule has 2 aliphatic carbocycles. The molecule has 5 atom stereocenters. The van der Waals surface area contributed by atoms with Crippen LogP contribution in [0, 0.1) is 17.3 Å². The van der Waals surface area contributed by atoms with Gasteiger partial charge >= 0.3 is 12.0 Å². The van der Waals surface area contributed by atoms with Gasteiger partial charge in [-0.05, 0) is 44.4 Å². The first-order chi connectivity index (χ1) is 11.1. The molecule has 2 saturated carbocycles. The Labute approximate surface area is 136 Å². The van der Waals surface area contributed by atoms with E-state index in [9.17, 15) is 14.7 Å². The zero-order chi connectivity index (χ0) is 16.0. The van der Waals surface area contributed by atoms with Crippen molar-refractivity contribution >= 4 is 12.0 Å². The average Bonchev–Trinajstić information content (AvgIpc) is 3.21. The van der Waals surface area contributed by atoms with Gasteiger partial charge in [-0.1, -0.05) is 6.42 Å². The topological polar surface area (TPSA) is 78.9 Å². The second kappa shape index (κ2) is 5.65. The summed E-state index contributed by atoms with van der Waals surface area (Å²) in [6.07, 6.45) is 7.14. The first kappa shape index (κ1) is 15.2. The fraction of sp³-hybridized carbons (Fsp3) is 0.882. The number of likely N-dealkylation sites (tertiary alicyclic amines) is 1. The molecule has 6 heteroatoms. The Balaban J connectivity index is 1.41. The van der Waals surface area contributed by atoms with Crippen molar-refractivity contribution in [2.24, 2.45) is 17.3 Å². The maximum Gasteiger partial charge on any atom is 0.317 e. The van der Waals surface area contributed by atoms with Crippen molar-refractivity contribution in [2.75, 3.05) is 19.7 Å². The Kier molecular flexibility index (Phi) is 3.75. The van der Waals surface area contributed by atoms with Gasteiger partial charge in [0.15, 0.2) is 0 Å². The molecule has 4 rings (SSSR count). The van der Waals surface area contributed by atoms with E-state index in [0.717, 1.165) is 45.1 Å². The predicted molar refractivity (Wildman–Crippen MR) is 83.0 cm³/mol. The number of urea groups is 1. The van der Waals surface area contributed by atoms with Gasteiger partial charge in [0.1, 0.15) is 0 Å². The third-order valence-electron chi connectivity index (χ3n) is 6.67. The number of fused-ring (bicyclic) bond motifs is 2. The fourth-order valence-corrected chi connectivity index (χ4v) is 5.40. The number of ether oxygens (including phenoxy) is 1. The van der Waals surface area contributed by atoms with E-state index in [1.165, 1.54) is 0 Å². The van der Waals surface area contributed by atoms with Crippen molar-refractivity contribution in [2.45, 2.75) is 57.1 Å². The number of hydrogen-bond donors (Lipinski definition) is 2. The second-order valence-electron chi connectivity index (χ2n) is 7.78. The normalized spacial score (nSPS) is 42.3. The summed E-state index contributed by atoms with van der Waals surface area (Å²) < 4.78 is 5.76. The van der Waals surface area contributed by atoms with Gasteiger partial charge in [-0.15, -0.1) is 0 Å². The van der Waals surface area contributed by atoms with E-state index in [2.05, 4.69) is 5.32 Å². The van der Waals surface area contributed by atoms with Crippen LogP contribution in [0.2, 0.25) is 0 Å². The van der Waals surface area contributed by atoms with Crippen molar-refractivity contribution in [1.29, 1.82) is 0 Å². The molecule has 0 aromatic heterocycles. The number of hydrogen-bond acceptors (Lipinski definition) is 3. The molecule has 3 unspecified atom stereocenters. The van der Waals surface area contributed by atoms with Crippen molar-refractivity contribution in [3.63, 3.8) is 0 Å². The lowest BCUT2D eigenvalue weighted by Crippen LogP contribution is -2.50.